The topological polar surface area (TPSA) is 84.7 Å². The number of aromatic nitrogens is 4. The lowest BCUT2D eigenvalue weighted by molar-refractivity contribution is 0.0978. The van der Waals surface area contributed by atoms with Crippen molar-refractivity contribution in [3.8, 4) is 0 Å². The fourth-order valence-corrected chi connectivity index (χ4v) is 2.08. The number of thiocarbonyl (C=S) groups is 1. The quantitative estimate of drug-likeness (QED) is 0.829. The van der Waals surface area contributed by atoms with E-state index < -0.39 is 5.91 Å². The van der Waals surface area contributed by atoms with Crippen LogP contribution in [0.4, 0.5) is 5.95 Å². The minimum Gasteiger partial charge on any atom is -0.299 e. The van der Waals surface area contributed by atoms with Gasteiger partial charge in [-0.05, 0) is 42.6 Å². The van der Waals surface area contributed by atoms with Crippen molar-refractivity contribution in [2.75, 3.05) is 5.32 Å². The van der Waals surface area contributed by atoms with Crippen LogP contribution >= 0.6 is 35.4 Å². The Morgan fingerprint density at radius 2 is 2.19 bits per heavy atom. The van der Waals surface area contributed by atoms with Gasteiger partial charge in [-0.3, -0.25) is 15.4 Å². The number of anilines is 1. The molecule has 1 heterocycles. The summed E-state index contributed by atoms with van der Waals surface area (Å²) in [6.45, 7) is 2.45. The van der Waals surface area contributed by atoms with Gasteiger partial charge in [-0.15, -0.1) is 5.10 Å². The first-order chi connectivity index (χ1) is 9.99. The van der Waals surface area contributed by atoms with Gasteiger partial charge in [-0.1, -0.05) is 28.3 Å². The molecule has 0 saturated heterocycles. The predicted molar refractivity (Wildman–Crippen MR) is 83.6 cm³/mol. The smallest absolute Gasteiger partial charge is 0.269 e. The molecular formula is C11H10Cl2N6OS. The fraction of sp³-hybridized carbons (Fsp3) is 0.182. The van der Waals surface area contributed by atoms with Gasteiger partial charge in [-0.2, -0.15) is 4.80 Å². The predicted octanol–water partition coefficient (Wildman–Crippen LogP) is 2.13. The zero-order valence-corrected chi connectivity index (χ0v) is 13.1. The van der Waals surface area contributed by atoms with Crippen LogP contribution in [0.25, 0.3) is 0 Å². The first kappa shape index (κ1) is 15.6. The van der Waals surface area contributed by atoms with Gasteiger partial charge in [0, 0.05) is 5.02 Å². The molecule has 0 unspecified atom stereocenters. The van der Waals surface area contributed by atoms with Crippen molar-refractivity contribution in [1.29, 1.82) is 0 Å². The number of nitrogens with zero attached hydrogens (tertiary/aromatic N) is 4. The minimum atomic E-state index is -0.461. The summed E-state index contributed by atoms with van der Waals surface area (Å²) in [6, 6.07) is 4.55. The van der Waals surface area contributed by atoms with Crippen LogP contribution < -0.4 is 10.6 Å². The number of halogens is 2. The summed E-state index contributed by atoms with van der Waals surface area (Å²) in [5.41, 5.74) is 0.260. The molecule has 0 saturated carbocycles. The molecule has 0 bridgehead atoms. The Labute approximate surface area is 135 Å². The van der Waals surface area contributed by atoms with Crippen molar-refractivity contribution in [1.82, 2.24) is 25.5 Å². The number of nitrogens with one attached hydrogen (secondary N) is 2. The zero-order valence-electron chi connectivity index (χ0n) is 10.8. The van der Waals surface area contributed by atoms with E-state index in [4.69, 9.17) is 35.4 Å². The Kier molecular flexibility index (Phi) is 5.05. The lowest BCUT2D eigenvalue weighted by Gasteiger charge is -2.07. The molecule has 1 aromatic heterocycles. The van der Waals surface area contributed by atoms with Crippen molar-refractivity contribution in [3.05, 3.63) is 33.8 Å². The summed E-state index contributed by atoms with van der Waals surface area (Å²) in [7, 11) is 0. The molecule has 1 aromatic carbocycles. The van der Waals surface area contributed by atoms with Crippen LogP contribution in [0.3, 0.4) is 0 Å². The molecule has 1 amide bonds. The van der Waals surface area contributed by atoms with Gasteiger partial charge in [0.2, 0.25) is 0 Å². The maximum atomic E-state index is 12.0. The van der Waals surface area contributed by atoms with Crippen molar-refractivity contribution in [2.24, 2.45) is 0 Å². The molecule has 21 heavy (non-hydrogen) atoms. The zero-order chi connectivity index (χ0) is 15.4. The third-order valence-corrected chi connectivity index (χ3v) is 3.12. The molecule has 0 spiro atoms. The van der Waals surface area contributed by atoms with Gasteiger partial charge >= 0.3 is 0 Å². The number of amides is 1. The highest BCUT2D eigenvalue weighted by Gasteiger charge is 2.13. The number of carbonyl (C=O) groups is 1. The van der Waals surface area contributed by atoms with Crippen LogP contribution in [0.2, 0.25) is 10.0 Å². The van der Waals surface area contributed by atoms with Crippen molar-refractivity contribution in [3.63, 3.8) is 0 Å². The molecule has 0 aliphatic heterocycles. The molecule has 0 aliphatic carbocycles. The van der Waals surface area contributed by atoms with Gasteiger partial charge in [0.05, 0.1) is 17.1 Å². The number of benzene rings is 1. The molecule has 7 nitrogen and oxygen atoms in total. The van der Waals surface area contributed by atoms with Crippen LogP contribution in [-0.2, 0) is 6.54 Å². The number of aryl methyl sites for hydroxylation is 1. The van der Waals surface area contributed by atoms with E-state index >= 15 is 0 Å². The Morgan fingerprint density at radius 1 is 1.43 bits per heavy atom. The molecule has 110 valence electrons. The highest BCUT2D eigenvalue weighted by atomic mass is 35.5. The lowest BCUT2D eigenvalue weighted by Crippen LogP contribution is -2.34. The normalized spacial score (nSPS) is 10.2. The van der Waals surface area contributed by atoms with Gasteiger partial charge in [0.15, 0.2) is 5.11 Å². The summed E-state index contributed by atoms with van der Waals surface area (Å²) < 4.78 is 0. The summed E-state index contributed by atoms with van der Waals surface area (Å²) in [4.78, 5) is 13.4. The molecule has 0 fully saturated rings. The van der Waals surface area contributed by atoms with E-state index in [-0.39, 0.29) is 21.6 Å². The summed E-state index contributed by atoms with van der Waals surface area (Å²) in [5.74, 6) is -0.263. The molecule has 2 N–H and O–H groups in total. The Hall–Kier alpha value is -1.77. The molecule has 0 atom stereocenters. The summed E-state index contributed by atoms with van der Waals surface area (Å²) in [5, 5.41) is 17.3. The number of rotatable bonds is 3. The average molecular weight is 345 g/mol. The van der Waals surface area contributed by atoms with Gasteiger partial charge in [0.25, 0.3) is 11.9 Å². The maximum absolute atomic E-state index is 12.0. The SMILES string of the molecule is CCn1nnc(NC(=S)NC(=O)c2ccc(Cl)cc2Cl)n1. The molecule has 2 rings (SSSR count). The highest BCUT2D eigenvalue weighted by Crippen LogP contribution is 2.20. The second kappa shape index (κ2) is 6.79. The van der Waals surface area contributed by atoms with E-state index in [9.17, 15) is 4.79 Å². The fourth-order valence-electron chi connectivity index (χ4n) is 1.40. The van der Waals surface area contributed by atoms with Crippen LogP contribution in [0.1, 0.15) is 17.3 Å². The molecule has 0 radical (unpaired) electrons. The van der Waals surface area contributed by atoms with E-state index in [0.29, 0.717) is 11.6 Å². The third kappa shape index (κ3) is 4.10. The monoisotopic (exact) mass is 344 g/mol. The third-order valence-electron chi connectivity index (χ3n) is 2.36. The van der Waals surface area contributed by atoms with Gasteiger partial charge in [-0.25, -0.2) is 0 Å². The molecule has 10 heteroatoms. The van der Waals surface area contributed by atoms with E-state index in [1.807, 2.05) is 6.92 Å². The van der Waals surface area contributed by atoms with E-state index in [2.05, 4.69) is 26.0 Å². The van der Waals surface area contributed by atoms with Crippen LogP contribution in [0.15, 0.2) is 18.2 Å². The largest absolute Gasteiger partial charge is 0.299 e. The molecular weight excluding hydrogens is 335 g/mol. The maximum Gasteiger partial charge on any atom is 0.269 e. The second-order valence-electron chi connectivity index (χ2n) is 3.83. The number of hydrogen-bond acceptors (Lipinski definition) is 5. The Morgan fingerprint density at radius 3 is 2.81 bits per heavy atom. The van der Waals surface area contributed by atoms with Gasteiger partial charge < -0.3 is 0 Å². The van der Waals surface area contributed by atoms with Crippen molar-refractivity contribution >= 4 is 52.4 Å². The minimum absolute atomic E-state index is 0.0432. The summed E-state index contributed by atoms with van der Waals surface area (Å²) in [6.07, 6.45) is 0. The Balaban J connectivity index is 2.00. The number of hydrogen-bond donors (Lipinski definition) is 2. The standard InChI is InChI=1S/C11H10Cl2N6OS/c1-2-19-17-10(16-18-19)15-11(21)14-9(20)7-4-3-6(12)5-8(7)13/h3-5H,2H2,1H3,(H2,14,15,17,20,21). The first-order valence-corrected chi connectivity index (χ1v) is 7.01. The lowest BCUT2D eigenvalue weighted by atomic mass is 10.2. The highest BCUT2D eigenvalue weighted by molar-refractivity contribution is 7.80. The van der Waals surface area contributed by atoms with Crippen LogP contribution in [0, 0.1) is 0 Å². The van der Waals surface area contributed by atoms with E-state index in [0.717, 1.165) is 0 Å². The number of tetrazole rings is 1. The van der Waals surface area contributed by atoms with E-state index in [1.54, 1.807) is 6.07 Å². The van der Waals surface area contributed by atoms with Crippen molar-refractivity contribution in [2.45, 2.75) is 13.5 Å². The summed E-state index contributed by atoms with van der Waals surface area (Å²) >= 11 is 16.7. The molecule has 2 aromatic rings. The van der Waals surface area contributed by atoms with Crippen LogP contribution in [0.5, 0.6) is 0 Å². The first-order valence-electron chi connectivity index (χ1n) is 5.84. The average Bonchev–Trinajstić information content (AvgIpc) is 2.85. The Bertz CT molecular complexity index is 689. The van der Waals surface area contributed by atoms with Crippen LogP contribution in [-0.4, -0.2) is 31.2 Å². The number of carbonyl (C=O) groups excluding carboxylic acids is 1. The van der Waals surface area contributed by atoms with Gasteiger partial charge in [0.1, 0.15) is 0 Å². The second-order valence-corrected chi connectivity index (χ2v) is 5.09. The van der Waals surface area contributed by atoms with E-state index in [1.165, 1.54) is 16.9 Å². The van der Waals surface area contributed by atoms with Crippen molar-refractivity contribution < 1.29 is 4.79 Å². The molecule has 0 aliphatic rings.